The van der Waals surface area contributed by atoms with Crippen molar-refractivity contribution in [3.8, 4) is 0 Å². The first-order valence-corrected chi connectivity index (χ1v) is 5.73. The van der Waals surface area contributed by atoms with Crippen molar-refractivity contribution in [1.82, 2.24) is 0 Å². The highest BCUT2D eigenvalue weighted by Gasteiger charge is 2.26. The Kier molecular flexibility index (Phi) is 4.33. The van der Waals surface area contributed by atoms with Gasteiger partial charge >= 0.3 is 0 Å². The molecule has 4 nitrogen and oxygen atoms in total. The molecule has 0 N–H and O–H groups in total. The highest BCUT2D eigenvalue weighted by Crippen LogP contribution is 2.29. The van der Waals surface area contributed by atoms with E-state index in [1.165, 1.54) is 17.7 Å². The van der Waals surface area contributed by atoms with E-state index in [1.54, 1.807) is 6.92 Å². The van der Waals surface area contributed by atoms with Gasteiger partial charge in [-0.05, 0) is 30.9 Å². The van der Waals surface area contributed by atoms with Crippen LogP contribution in [-0.4, -0.2) is 12.2 Å². The third kappa shape index (κ3) is 2.80. The van der Waals surface area contributed by atoms with Gasteiger partial charge in [0.15, 0.2) is 5.66 Å². The number of rotatable bonds is 4. The Bertz CT molecular complexity index is 519. The third-order valence-electron chi connectivity index (χ3n) is 2.97. The summed E-state index contributed by atoms with van der Waals surface area (Å²) in [5.41, 5.74) is 1.74. The minimum absolute atomic E-state index is 0.412. The Morgan fingerprint density at radius 1 is 1.17 bits per heavy atom. The lowest BCUT2D eigenvalue weighted by molar-refractivity contribution is 0.492. The number of hydrogen-bond donors (Lipinski definition) is 0. The molecule has 1 rings (SSSR count). The predicted octanol–water partition coefficient (Wildman–Crippen LogP) is 2.96. The Morgan fingerprint density at radius 3 is 2.11 bits per heavy atom. The number of carbonyl (C=O) groups excluding carboxylic acids is 2. The second-order valence-electron chi connectivity index (χ2n) is 4.65. The molecule has 0 aromatic heterocycles. The van der Waals surface area contributed by atoms with Crippen molar-refractivity contribution in [2.24, 2.45) is 9.98 Å². The largest absolute Gasteiger partial charge is 0.237 e. The number of aliphatic imine (C=N–C) groups is 2. The summed E-state index contributed by atoms with van der Waals surface area (Å²) in [6, 6.07) is 5.68. The monoisotopic (exact) mass is 244 g/mol. The normalized spacial score (nSPS) is 13.4. The third-order valence-corrected chi connectivity index (χ3v) is 2.97. The second-order valence-corrected chi connectivity index (χ2v) is 4.65. The van der Waals surface area contributed by atoms with Crippen LogP contribution < -0.4 is 0 Å². The Morgan fingerprint density at radius 2 is 1.72 bits per heavy atom. The molecule has 4 heteroatoms. The van der Waals surface area contributed by atoms with Gasteiger partial charge in [-0.2, -0.15) is 9.98 Å². The van der Waals surface area contributed by atoms with E-state index in [0.29, 0.717) is 11.5 Å². The molecule has 0 saturated carbocycles. The standard InChI is InChI=1S/C14H16N2O2/c1-10(2)13-6-5-12(7-11(13)3)14(4,15-8-17)16-9-18/h5-7,10H,1-4H3. The number of isocyanates is 2. The maximum absolute atomic E-state index is 10.4. The summed E-state index contributed by atoms with van der Waals surface area (Å²) < 4.78 is 0. The predicted molar refractivity (Wildman–Crippen MR) is 68.9 cm³/mol. The van der Waals surface area contributed by atoms with E-state index in [1.807, 2.05) is 25.1 Å². The van der Waals surface area contributed by atoms with Crippen molar-refractivity contribution in [3.63, 3.8) is 0 Å². The fourth-order valence-corrected chi connectivity index (χ4v) is 1.95. The molecule has 18 heavy (non-hydrogen) atoms. The van der Waals surface area contributed by atoms with Gasteiger partial charge < -0.3 is 0 Å². The molecule has 0 fully saturated rings. The molecular formula is C14H16N2O2. The number of aryl methyl sites for hydroxylation is 1. The molecular weight excluding hydrogens is 228 g/mol. The first-order chi connectivity index (χ1) is 8.44. The quantitative estimate of drug-likeness (QED) is 0.604. The fourth-order valence-electron chi connectivity index (χ4n) is 1.95. The second kappa shape index (κ2) is 5.54. The molecule has 0 aliphatic heterocycles. The molecule has 0 bridgehead atoms. The van der Waals surface area contributed by atoms with Gasteiger partial charge in [0.1, 0.15) is 0 Å². The van der Waals surface area contributed by atoms with Crippen LogP contribution in [0.1, 0.15) is 43.4 Å². The maximum Gasteiger partial charge on any atom is 0.237 e. The van der Waals surface area contributed by atoms with Gasteiger partial charge in [-0.25, -0.2) is 9.59 Å². The van der Waals surface area contributed by atoms with E-state index in [2.05, 4.69) is 23.8 Å². The van der Waals surface area contributed by atoms with Crippen molar-refractivity contribution in [1.29, 1.82) is 0 Å². The van der Waals surface area contributed by atoms with Crippen LogP contribution in [-0.2, 0) is 15.3 Å². The maximum atomic E-state index is 10.4. The number of nitrogens with zero attached hydrogens (tertiary/aromatic N) is 2. The highest BCUT2D eigenvalue weighted by molar-refractivity contribution is 5.44. The van der Waals surface area contributed by atoms with Crippen LogP contribution in [0, 0.1) is 6.92 Å². The summed E-state index contributed by atoms with van der Waals surface area (Å²) in [7, 11) is 0. The molecule has 1 aromatic carbocycles. The van der Waals surface area contributed by atoms with Crippen LogP contribution in [0.15, 0.2) is 28.2 Å². The molecule has 0 spiro atoms. The van der Waals surface area contributed by atoms with Gasteiger partial charge in [-0.1, -0.05) is 32.0 Å². The lowest BCUT2D eigenvalue weighted by Gasteiger charge is -2.19. The number of hydrogen-bond acceptors (Lipinski definition) is 4. The van der Waals surface area contributed by atoms with E-state index in [9.17, 15) is 9.59 Å². The Balaban J connectivity index is 3.36. The summed E-state index contributed by atoms with van der Waals surface area (Å²) in [6.07, 6.45) is 2.90. The topological polar surface area (TPSA) is 58.9 Å². The molecule has 0 aliphatic rings. The summed E-state index contributed by atoms with van der Waals surface area (Å²) in [5, 5.41) is 0. The molecule has 0 heterocycles. The van der Waals surface area contributed by atoms with E-state index >= 15 is 0 Å². The van der Waals surface area contributed by atoms with Gasteiger partial charge in [-0.15, -0.1) is 0 Å². The van der Waals surface area contributed by atoms with Gasteiger partial charge in [0.2, 0.25) is 12.2 Å². The summed E-state index contributed by atoms with van der Waals surface area (Å²) >= 11 is 0. The van der Waals surface area contributed by atoms with Crippen LogP contribution in [0.2, 0.25) is 0 Å². The zero-order chi connectivity index (χ0) is 13.8. The van der Waals surface area contributed by atoms with Crippen molar-refractivity contribution < 1.29 is 9.59 Å². The van der Waals surface area contributed by atoms with Gasteiger partial charge in [0.05, 0.1) is 0 Å². The number of benzene rings is 1. The van der Waals surface area contributed by atoms with Crippen molar-refractivity contribution >= 4 is 12.2 Å². The fraction of sp³-hybridized carbons (Fsp3) is 0.429. The molecule has 0 atom stereocenters. The molecule has 0 unspecified atom stereocenters. The minimum Gasteiger partial charge on any atom is -0.211 e. The molecule has 0 amide bonds. The van der Waals surface area contributed by atoms with Crippen molar-refractivity contribution in [2.75, 3.05) is 0 Å². The lowest BCUT2D eigenvalue weighted by atomic mass is 9.92. The molecule has 0 aliphatic carbocycles. The average Bonchev–Trinajstić information content (AvgIpc) is 2.29. The van der Waals surface area contributed by atoms with Crippen LogP contribution >= 0.6 is 0 Å². The van der Waals surface area contributed by atoms with E-state index < -0.39 is 5.66 Å². The zero-order valence-electron chi connectivity index (χ0n) is 11.0. The zero-order valence-corrected chi connectivity index (χ0v) is 11.0. The first kappa shape index (κ1) is 14.0. The van der Waals surface area contributed by atoms with Gasteiger partial charge in [0, 0.05) is 5.56 Å². The minimum atomic E-state index is -1.23. The molecule has 1 aromatic rings. The highest BCUT2D eigenvalue weighted by atomic mass is 16.1. The Labute approximate surface area is 106 Å². The summed E-state index contributed by atoms with van der Waals surface area (Å²) in [5.74, 6) is 0.412. The van der Waals surface area contributed by atoms with Crippen molar-refractivity contribution in [3.05, 3.63) is 34.9 Å². The van der Waals surface area contributed by atoms with Gasteiger partial charge in [0.25, 0.3) is 0 Å². The molecule has 0 radical (unpaired) electrons. The summed E-state index contributed by atoms with van der Waals surface area (Å²) in [6.45, 7) is 7.77. The smallest absolute Gasteiger partial charge is 0.211 e. The average molecular weight is 244 g/mol. The van der Waals surface area contributed by atoms with Crippen LogP contribution in [0.25, 0.3) is 0 Å². The Hall–Kier alpha value is -2.02. The van der Waals surface area contributed by atoms with Crippen molar-refractivity contribution in [2.45, 2.75) is 39.3 Å². The SMILES string of the molecule is Cc1cc(C(C)(N=C=O)N=C=O)ccc1C(C)C. The molecule has 94 valence electrons. The van der Waals surface area contributed by atoms with Gasteiger partial charge in [-0.3, -0.25) is 0 Å². The van der Waals surface area contributed by atoms with E-state index in [4.69, 9.17) is 0 Å². The van der Waals surface area contributed by atoms with E-state index in [-0.39, 0.29) is 0 Å². The van der Waals surface area contributed by atoms with Crippen LogP contribution in [0.4, 0.5) is 0 Å². The molecule has 0 saturated heterocycles. The van der Waals surface area contributed by atoms with Crippen LogP contribution in [0.3, 0.4) is 0 Å². The summed E-state index contributed by atoms with van der Waals surface area (Å²) in [4.78, 5) is 28.1. The van der Waals surface area contributed by atoms with E-state index in [0.717, 1.165) is 5.56 Å². The lowest BCUT2D eigenvalue weighted by Crippen LogP contribution is -2.16. The van der Waals surface area contributed by atoms with Crippen LogP contribution in [0.5, 0.6) is 0 Å². The first-order valence-electron chi connectivity index (χ1n) is 5.73.